The summed E-state index contributed by atoms with van der Waals surface area (Å²) in [5.74, 6) is 0.180. The molecular formula is C18H24N4O. The minimum absolute atomic E-state index is 0.180. The predicted molar refractivity (Wildman–Crippen MR) is 90.8 cm³/mol. The summed E-state index contributed by atoms with van der Waals surface area (Å²) in [6.07, 6.45) is 2.63. The van der Waals surface area contributed by atoms with Crippen LogP contribution in [-0.4, -0.2) is 26.6 Å². The smallest absolute Gasteiger partial charge is 0.227 e. The Labute approximate surface area is 137 Å². The van der Waals surface area contributed by atoms with Gasteiger partial charge in [-0.3, -0.25) is 9.48 Å². The highest BCUT2D eigenvalue weighted by Crippen LogP contribution is 2.30. The third-order valence-electron chi connectivity index (χ3n) is 4.63. The van der Waals surface area contributed by atoms with E-state index in [4.69, 9.17) is 5.73 Å². The van der Waals surface area contributed by atoms with Crippen LogP contribution in [0.3, 0.4) is 0 Å². The SMILES string of the molecule is Cc1nn(C)c(C)c1CN(C(=O)Cc1ccc(N)cc1)C1CC1. The molecule has 0 unspecified atom stereocenters. The largest absolute Gasteiger partial charge is 0.399 e. The minimum Gasteiger partial charge on any atom is -0.399 e. The van der Waals surface area contributed by atoms with Crippen LogP contribution in [-0.2, 0) is 24.8 Å². The fourth-order valence-electron chi connectivity index (χ4n) is 2.94. The molecule has 1 saturated carbocycles. The molecule has 2 aromatic rings. The molecule has 122 valence electrons. The van der Waals surface area contributed by atoms with Crippen molar-refractivity contribution in [2.45, 2.75) is 45.7 Å². The van der Waals surface area contributed by atoms with Crippen LogP contribution in [0.5, 0.6) is 0 Å². The first-order valence-corrected chi connectivity index (χ1v) is 8.08. The van der Waals surface area contributed by atoms with Gasteiger partial charge in [-0.1, -0.05) is 12.1 Å². The molecule has 0 spiro atoms. The maximum atomic E-state index is 12.8. The Morgan fingerprint density at radius 2 is 1.96 bits per heavy atom. The van der Waals surface area contributed by atoms with Gasteiger partial charge in [0.15, 0.2) is 0 Å². The number of nitrogens with zero attached hydrogens (tertiary/aromatic N) is 3. The second-order valence-electron chi connectivity index (χ2n) is 6.44. The normalized spacial score (nSPS) is 14.0. The molecule has 0 saturated heterocycles. The zero-order valence-electron chi connectivity index (χ0n) is 14.0. The third-order valence-corrected chi connectivity index (χ3v) is 4.63. The molecule has 1 aliphatic carbocycles. The number of hydrogen-bond acceptors (Lipinski definition) is 3. The number of carbonyl (C=O) groups is 1. The van der Waals surface area contributed by atoms with Gasteiger partial charge in [-0.25, -0.2) is 0 Å². The summed E-state index contributed by atoms with van der Waals surface area (Å²) in [6.45, 7) is 4.73. The van der Waals surface area contributed by atoms with Gasteiger partial charge in [0, 0.05) is 36.6 Å². The van der Waals surface area contributed by atoms with E-state index in [1.807, 2.05) is 47.8 Å². The van der Waals surface area contributed by atoms with Crippen molar-refractivity contribution in [3.8, 4) is 0 Å². The van der Waals surface area contributed by atoms with Crippen molar-refractivity contribution in [3.05, 3.63) is 46.8 Å². The first kappa shape index (κ1) is 15.6. The lowest BCUT2D eigenvalue weighted by Gasteiger charge is -2.23. The standard InChI is InChI=1S/C18H24N4O/c1-12-17(13(2)21(3)20-12)11-22(16-8-9-16)18(23)10-14-4-6-15(19)7-5-14/h4-7,16H,8-11,19H2,1-3H3. The van der Waals surface area contributed by atoms with E-state index >= 15 is 0 Å². The lowest BCUT2D eigenvalue weighted by atomic mass is 10.1. The number of nitrogens with two attached hydrogens (primary N) is 1. The Bertz CT molecular complexity index is 713. The van der Waals surface area contributed by atoms with Crippen LogP contribution in [0.15, 0.2) is 24.3 Å². The van der Waals surface area contributed by atoms with E-state index < -0.39 is 0 Å². The van der Waals surface area contributed by atoms with E-state index in [9.17, 15) is 4.79 Å². The summed E-state index contributed by atoms with van der Waals surface area (Å²) in [4.78, 5) is 14.8. The zero-order chi connectivity index (χ0) is 16.6. The Balaban J connectivity index is 1.76. The quantitative estimate of drug-likeness (QED) is 0.862. The second-order valence-corrected chi connectivity index (χ2v) is 6.44. The van der Waals surface area contributed by atoms with Gasteiger partial charge in [-0.15, -0.1) is 0 Å². The monoisotopic (exact) mass is 312 g/mol. The lowest BCUT2D eigenvalue weighted by Crippen LogP contribution is -2.34. The molecular weight excluding hydrogens is 288 g/mol. The van der Waals surface area contributed by atoms with Gasteiger partial charge in [0.25, 0.3) is 0 Å². The zero-order valence-corrected chi connectivity index (χ0v) is 14.0. The summed E-state index contributed by atoms with van der Waals surface area (Å²) in [5, 5.41) is 4.46. The molecule has 1 heterocycles. The van der Waals surface area contributed by atoms with Crippen molar-refractivity contribution in [1.29, 1.82) is 0 Å². The first-order valence-electron chi connectivity index (χ1n) is 8.08. The van der Waals surface area contributed by atoms with E-state index in [0.29, 0.717) is 19.0 Å². The Hall–Kier alpha value is -2.30. The number of benzene rings is 1. The van der Waals surface area contributed by atoms with Crippen molar-refractivity contribution in [1.82, 2.24) is 14.7 Å². The molecule has 5 heteroatoms. The average molecular weight is 312 g/mol. The molecule has 0 radical (unpaired) electrons. The van der Waals surface area contributed by atoms with Gasteiger partial charge in [0.2, 0.25) is 5.91 Å². The number of aryl methyl sites for hydroxylation is 2. The highest BCUT2D eigenvalue weighted by atomic mass is 16.2. The van der Waals surface area contributed by atoms with E-state index in [0.717, 1.165) is 35.5 Å². The molecule has 3 rings (SSSR count). The summed E-state index contributed by atoms with van der Waals surface area (Å²) in [7, 11) is 1.95. The lowest BCUT2D eigenvalue weighted by molar-refractivity contribution is -0.131. The van der Waals surface area contributed by atoms with Crippen LogP contribution >= 0.6 is 0 Å². The third kappa shape index (κ3) is 3.38. The van der Waals surface area contributed by atoms with Crippen molar-refractivity contribution < 1.29 is 4.79 Å². The molecule has 23 heavy (non-hydrogen) atoms. The van der Waals surface area contributed by atoms with Crippen LogP contribution in [0.25, 0.3) is 0 Å². The summed E-state index contributed by atoms with van der Waals surface area (Å²) in [5.41, 5.74) is 10.8. The number of carbonyl (C=O) groups excluding carboxylic acids is 1. The Kier molecular flexibility index (Phi) is 4.11. The van der Waals surface area contributed by atoms with Gasteiger partial charge in [0.1, 0.15) is 0 Å². The highest BCUT2D eigenvalue weighted by Gasteiger charge is 2.33. The molecule has 1 amide bonds. The topological polar surface area (TPSA) is 64.2 Å². The fourth-order valence-corrected chi connectivity index (χ4v) is 2.94. The minimum atomic E-state index is 0.180. The van der Waals surface area contributed by atoms with Crippen LogP contribution in [0.1, 0.15) is 35.4 Å². The number of hydrogen-bond donors (Lipinski definition) is 1. The number of anilines is 1. The molecule has 0 atom stereocenters. The number of rotatable bonds is 5. The van der Waals surface area contributed by atoms with Crippen LogP contribution < -0.4 is 5.73 Å². The predicted octanol–water partition coefficient (Wildman–Crippen LogP) is 2.35. The molecule has 1 aromatic heterocycles. The number of amides is 1. The maximum Gasteiger partial charge on any atom is 0.227 e. The molecule has 2 N–H and O–H groups in total. The summed E-state index contributed by atoms with van der Waals surface area (Å²) < 4.78 is 1.89. The van der Waals surface area contributed by atoms with Crippen LogP contribution in [0.4, 0.5) is 5.69 Å². The summed E-state index contributed by atoms with van der Waals surface area (Å²) >= 11 is 0. The fraction of sp³-hybridized carbons (Fsp3) is 0.444. The van der Waals surface area contributed by atoms with E-state index in [1.165, 1.54) is 5.56 Å². The molecule has 0 aliphatic heterocycles. The van der Waals surface area contributed by atoms with E-state index in [2.05, 4.69) is 12.0 Å². The van der Waals surface area contributed by atoms with Gasteiger partial charge in [-0.2, -0.15) is 5.10 Å². The Morgan fingerprint density at radius 3 is 2.48 bits per heavy atom. The van der Waals surface area contributed by atoms with E-state index in [-0.39, 0.29) is 5.91 Å². The second kappa shape index (κ2) is 6.07. The maximum absolute atomic E-state index is 12.8. The van der Waals surface area contributed by atoms with Crippen molar-refractivity contribution in [2.75, 3.05) is 5.73 Å². The van der Waals surface area contributed by atoms with Crippen LogP contribution in [0, 0.1) is 13.8 Å². The van der Waals surface area contributed by atoms with Gasteiger partial charge in [-0.05, 0) is 44.4 Å². The van der Waals surface area contributed by atoms with Gasteiger partial charge >= 0.3 is 0 Å². The van der Waals surface area contributed by atoms with Crippen molar-refractivity contribution >= 4 is 11.6 Å². The van der Waals surface area contributed by atoms with E-state index in [1.54, 1.807) is 0 Å². The van der Waals surface area contributed by atoms with Crippen molar-refractivity contribution in [3.63, 3.8) is 0 Å². The average Bonchev–Trinajstić information content (AvgIpc) is 3.30. The molecule has 0 bridgehead atoms. The Morgan fingerprint density at radius 1 is 1.30 bits per heavy atom. The molecule has 1 fully saturated rings. The van der Waals surface area contributed by atoms with Gasteiger partial charge < -0.3 is 10.6 Å². The molecule has 1 aliphatic rings. The van der Waals surface area contributed by atoms with Gasteiger partial charge in [0.05, 0.1) is 12.1 Å². The first-order chi connectivity index (χ1) is 11.0. The summed E-state index contributed by atoms with van der Waals surface area (Å²) in [6, 6.07) is 7.94. The molecule has 1 aromatic carbocycles. The van der Waals surface area contributed by atoms with Crippen molar-refractivity contribution in [2.24, 2.45) is 7.05 Å². The van der Waals surface area contributed by atoms with Crippen LogP contribution in [0.2, 0.25) is 0 Å². The molecule has 5 nitrogen and oxygen atoms in total. The highest BCUT2D eigenvalue weighted by molar-refractivity contribution is 5.79. The number of nitrogen functional groups attached to an aromatic ring is 1. The number of aromatic nitrogens is 2.